The zero-order valence-corrected chi connectivity index (χ0v) is 18.9. The molecule has 1 fully saturated rings. The Labute approximate surface area is 205 Å². The number of aromatic nitrogens is 5. The number of piperazine rings is 1. The Kier molecular flexibility index (Phi) is 10.1. The molecule has 0 amide bonds. The van der Waals surface area contributed by atoms with Crippen molar-refractivity contribution in [1.29, 1.82) is 0 Å². The van der Waals surface area contributed by atoms with Crippen molar-refractivity contribution in [2.24, 2.45) is 0 Å². The van der Waals surface area contributed by atoms with E-state index in [1.54, 1.807) is 4.52 Å². The first kappa shape index (κ1) is 29.2. The van der Waals surface area contributed by atoms with Crippen LogP contribution in [0.1, 0.15) is 5.56 Å². The van der Waals surface area contributed by atoms with Gasteiger partial charge in [-0.1, -0.05) is 6.07 Å². The molecule has 3 aromatic rings. The number of fused-ring (bicyclic) bond motifs is 1. The quantitative estimate of drug-likeness (QED) is 0.477. The lowest BCUT2D eigenvalue weighted by Gasteiger charge is -2.35. The molecule has 202 valence electrons. The van der Waals surface area contributed by atoms with Crippen LogP contribution in [-0.2, 0) is 16.0 Å². The van der Waals surface area contributed by atoms with Gasteiger partial charge in [0.05, 0.1) is 0 Å². The van der Waals surface area contributed by atoms with Gasteiger partial charge in [0.25, 0.3) is 5.78 Å². The van der Waals surface area contributed by atoms with Crippen LogP contribution in [0.4, 0.5) is 32.2 Å². The molecule has 0 atom stereocenters. The van der Waals surface area contributed by atoms with Gasteiger partial charge in [-0.3, -0.25) is 4.90 Å². The van der Waals surface area contributed by atoms with Crippen LogP contribution in [-0.4, -0.2) is 96.7 Å². The van der Waals surface area contributed by atoms with Crippen molar-refractivity contribution in [3.8, 4) is 0 Å². The van der Waals surface area contributed by atoms with E-state index < -0.39 is 24.3 Å². The number of carboxylic acids is 2. The van der Waals surface area contributed by atoms with E-state index >= 15 is 0 Å². The van der Waals surface area contributed by atoms with Gasteiger partial charge < -0.3 is 15.1 Å². The summed E-state index contributed by atoms with van der Waals surface area (Å²) in [4.78, 5) is 35.4. The minimum absolute atomic E-state index is 0.651. The smallest absolute Gasteiger partial charge is 0.475 e. The molecule has 0 saturated carbocycles. The molecule has 4 heterocycles. The number of hydrogen-bond acceptors (Lipinski definition) is 8. The summed E-state index contributed by atoms with van der Waals surface area (Å²) in [5.41, 5.74) is 1.19. The third kappa shape index (κ3) is 9.86. The van der Waals surface area contributed by atoms with Crippen molar-refractivity contribution in [3.05, 3.63) is 48.7 Å². The topological polar surface area (TPSA) is 137 Å². The summed E-state index contributed by atoms with van der Waals surface area (Å²) in [6.45, 7) is 5.22. The van der Waals surface area contributed by atoms with Crippen molar-refractivity contribution in [1.82, 2.24) is 29.5 Å². The molecular weight excluding hydrogens is 516 g/mol. The van der Waals surface area contributed by atoms with Crippen LogP contribution >= 0.6 is 0 Å². The van der Waals surface area contributed by atoms with Gasteiger partial charge in [0.15, 0.2) is 0 Å². The van der Waals surface area contributed by atoms with Crippen LogP contribution in [0, 0.1) is 0 Å². The Hall–Kier alpha value is -4.02. The molecule has 1 aliphatic heterocycles. The summed E-state index contributed by atoms with van der Waals surface area (Å²) in [5, 5.41) is 18.4. The predicted octanol–water partition coefficient (Wildman–Crippen LogP) is 2.15. The van der Waals surface area contributed by atoms with Crippen molar-refractivity contribution in [2.45, 2.75) is 18.8 Å². The lowest BCUT2D eigenvalue weighted by atomic mass is 10.2. The maximum Gasteiger partial charge on any atom is 0.490 e. The highest BCUT2D eigenvalue weighted by molar-refractivity contribution is 5.73. The first-order chi connectivity index (χ1) is 17.3. The maximum absolute atomic E-state index is 10.6. The second-order valence-corrected chi connectivity index (χ2v) is 7.34. The fraction of sp³-hybridized carbons (Fsp3) is 0.400. The standard InChI is InChI=1S/C16H19N7.2C2HF3O2/c1-2-5-17-15(3-1)22-9-7-21(8-10-22)6-4-14-11-18-16-19-13-20-23(16)12-14;2*3-2(4,5)1(6)7/h1-3,5,11-13H,4,6-10H2;2*(H,6,7). The van der Waals surface area contributed by atoms with Crippen molar-refractivity contribution in [3.63, 3.8) is 0 Å². The van der Waals surface area contributed by atoms with E-state index in [-0.39, 0.29) is 0 Å². The molecule has 0 aliphatic carbocycles. The van der Waals surface area contributed by atoms with Crippen LogP contribution in [0.15, 0.2) is 43.1 Å². The Morgan fingerprint density at radius 2 is 1.49 bits per heavy atom. The highest BCUT2D eigenvalue weighted by Gasteiger charge is 2.38. The van der Waals surface area contributed by atoms with Gasteiger partial charge in [-0.25, -0.2) is 24.1 Å². The number of aliphatic carboxylic acids is 2. The predicted molar refractivity (Wildman–Crippen MR) is 115 cm³/mol. The van der Waals surface area contributed by atoms with Crippen LogP contribution in [0.2, 0.25) is 0 Å². The van der Waals surface area contributed by atoms with E-state index in [1.807, 2.05) is 30.7 Å². The average molecular weight is 537 g/mol. The third-order valence-corrected chi connectivity index (χ3v) is 4.74. The summed E-state index contributed by atoms with van der Waals surface area (Å²) < 4.78 is 65.2. The summed E-state index contributed by atoms with van der Waals surface area (Å²) in [6.07, 6.45) is -1.89. The normalized spacial score (nSPS) is 14.3. The van der Waals surface area contributed by atoms with Gasteiger partial charge in [0.2, 0.25) is 0 Å². The summed E-state index contributed by atoms with van der Waals surface area (Å²) in [7, 11) is 0. The molecule has 11 nitrogen and oxygen atoms in total. The van der Waals surface area contributed by atoms with Crippen LogP contribution in [0.5, 0.6) is 0 Å². The Morgan fingerprint density at radius 1 is 0.892 bits per heavy atom. The molecule has 0 aromatic carbocycles. The van der Waals surface area contributed by atoms with E-state index in [9.17, 15) is 26.3 Å². The minimum Gasteiger partial charge on any atom is -0.475 e. The number of carbonyl (C=O) groups is 2. The van der Waals surface area contributed by atoms with Gasteiger partial charge in [-0.2, -0.15) is 36.4 Å². The first-order valence-electron chi connectivity index (χ1n) is 10.4. The maximum atomic E-state index is 10.6. The fourth-order valence-corrected chi connectivity index (χ4v) is 2.92. The highest BCUT2D eigenvalue weighted by atomic mass is 19.4. The second-order valence-electron chi connectivity index (χ2n) is 7.34. The lowest BCUT2D eigenvalue weighted by Crippen LogP contribution is -2.47. The van der Waals surface area contributed by atoms with E-state index in [1.165, 1.54) is 11.9 Å². The monoisotopic (exact) mass is 537 g/mol. The molecule has 2 N–H and O–H groups in total. The number of anilines is 1. The number of carboxylic acid groups (broad SMARTS) is 2. The van der Waals surface area contributed by atoms with Crippen LogP contribution in [0.3, 0.4) is 0 Å². The molecule has 17 heteroatoms. The first-order valence-corrected chi connectivity index (χ1v) is 10.4. The highest BCUT2D eigenvalue weighted by Crippen LogP contribution is 2.14. The van der Waals surface area contributed by atoms with Crippen molar-refractivity contribution < 1.29 is 46.1 Å². The number of nitrogens with zero attached hydrogens (tertiary/aromatic N) is 7. The summed E-state index contributed by atoms with van der Waals surface area (Å²) in [6, 6.07) is 6.08. The van der Waals surface area contributed by atoms with Gasteiger partial charge >= 0.3 is 24.3 Å². The number of pyridine rings is 1. The van der Waals surface area contributed by atoms with E-state index in [4.69, 9.17) is 19.8 Å². The van der Waals surface area contributed by atoms with E-state index in [0.29, 0.717) is 5.78 Å². The lowest BCUT2D eigenvalue weighted by molar-refractivity contribution is -0.193. The summed E-state index contributed by atoms with van der Waals surface area (Å²) >= 11 is 0. The molecule has 3 aromatic heterocycles. The van der Waals surface area contributed by atoms with Gasteiger partial charge in [0.1, 0.15) is 12.1 Å². The van der Waals surface area contributed by atoms with Gasteiger partial charge in [-0.15, -0.1) is 0 Å². The fourth-order valence-electron chi connectivity index (χ4n) is 2.92. The second kappa shape index (κ2) is 12.8. The largest absolute Gasteiger partial charge is 0.490 e. The molecular formula is C20H21F6N7O4. The summed E-state index contributed by atoms with van der Waals surface area (Å²) in [5.74, 6) is -3.79. The molecule has 37 heavy (non-hydrogen) atoms. The number of halogens is 6. The van der Waals surface area contributed by atoms with E-state index in [0.717, 1.165) is 45.0 Å². The third-order valence-electron chi connectivity index (χ3n) is 4.74. The Balaban J connectivity index is 0.000000286. The SMILES string of the molecule is O=C(O)C(F)(F)F.O=C(O)C(F)(F)F.c1ccc(N2CCN(CCc3cnc4ncnn4c3)CC2)nc1. The van der Waals surface area contributed by atoms with Crippen molar-refractivity contribution >= 4 is 23.5 Å². The molecule has 0 radical (unpaired) electrons. The molecule has 0 bridgehead atoms. The number of rotatable bonds is 4. The average Bonchev–Trinajstić information content (AvgIpc) is 3.31. The number of alkyl halides is 6. The minimum atomic E-state index is -5.08. The zero-order chi connectivity index (χ0) is 27.6. The van der Waals surface area contributed by atoms with Crippen LogP contribution < -0.4 is 4.90 Å². The molecule has 0 unspecified atom stereocenters. The number of hydrogen-bond donors (Lipinski definition) is 2. The van der Waals surface area contributed by atoms with E-state index in [2.05, 4.69) is 35.9 Å². The molecule has 0 spiro atoms. The van der Waals surface area contributed by atoms with Gasteiger partial charge in [-0.05, 0) is 24.1 Å². The molecule has 1 saturated heterocycles. The van der Waals surface area contributed by atoms with Crippen LogP contribution in [0.25, 0.3) is 5.78 Å². The molecule has 4 rings (SSSR count). The Bertz CT molecular complexity index is 1130. The van der Waals surface area contributed by atoms with Crippen molar-refractivity contribution in [2.75, 3.05) is 37.6 Å². The molecule has 1 aliphatic rings. The zero-order valence-electron chi connectivity index (χ0n) is 18.9. The Morgan fingerprint density at radius 3 is 2.00 bits per heavy atom. The van der Waals surface area contributed by atoms with Gasteiger partial charge in [0, 0.05) is 51.3 Å².